The molecule has 7 nitrogen and oxygen atoms in total. The number of rotatable bonds is 6. The molecule has 0 unspecified atom stereocenters. The molecular weight excluding hydrogens is 450 g/mol. The molecular formula is C22H24BrN3O4. The Morgan fingerprint density at radius 3 is 2.57 bits per heavy atom. The van der Waals surface area contributed by atoms with E-state index in [0.29, 0.717) is 43.2 Å². The van der Waals surface area contributed by atoms with Gasteiger partial charge in [-0.1, -0.05) is 0 Å². The Balaban J connectivity index is 1.54. The van der Waals surface area contributed by atoms with E-state index < -0.39 is 0 Å². The fourth-order valence-corrected chi connectivity index (χ4v) is 3.51. The highest BCUT2D eigenvalue weighted by atomic mass is 79.9. The molecule has 0 saturated carbocycles. The maximum atomic E-state index is 12.6. The molecule has 1 aliphatic rings. The summed E-state index contributed by atoms with van der Waals surface area (Å²) in [7, 11) is 3.17. The number of aromatic nitrogens is 1. The van der Waals surface area contributed by atoms with Crippen molar-refractivity contribution in [1.82, 2.24) is 9.88 Å². The summed E-state index contributed by atoms with van der Waals surface area (Å²) in [5, 5.41) is 2.84. The minimum Gasteiger partial charge on any atom is -0.497 e. The molecule has 0 atom stereocenters. The van der Waals surface area contributed by atoms with Gasteiger partial charge in [-0.2, -0.15) is 0 Å². The van der Waals surface area contributed by atoms with E-state index in [1.807, 2.05) is 12.1 Å². The third-order valence-electron chi connectivity index (χ3n) is 5.00. The molecule has 2 amide bonds. The SMILES string of the molecule is COc1ccc(OC)c(/C=C/C(=O)N2CCC(C(=O)Nc3ccc(Br)cn3)CC2)c1. The molecule has 0 bridgehead atoms. The van der Waals surface area contributed by atoms with Crippen molar-refractivity contribution in [3.8, 4) is 11.5 Å². The van der Waals surface area contributed by atoms with Crippen LogP contribution in [-0.2, 0) is 9.59 Å². The van der Waals surface area contributed by atoms with Gasteiger partial charge in [-0.3, -0.25) is 9.59 Å². The lowest BCUT2D eigenvalue weighted by atomic mass is 9.96. The first-order valence-electron chi connectivity index (χ1n) is 9.61. The van der Waals surface area contributed by atoms with Crippen LogP contribution in [0.5, 0.6) is 11.5 Å². The van der Waals surface area contributed by atoms with Gasteiger partial charge in [0, 0.05) is 41.3 Å². The maximum Gasteiger partial charge on any atom is 0.246 e. The summed E-state index contributed by atoms with van der Waals surface area (Å²) in [5.41, 5.74) is 0.765. The second-order valence-electron chi connectivity index (χ2n) is 6.89. The van der Waals surface area contributed by atoms with Gasteiger partial charge < -0.3 is 19.7 Å². The standard InChI is InChI=1S/C22H24BrN3O4/c1-29-18-5-6-19(30-2)16(13-18)3-8-21(27)26-11-9-15(10-12-26)22(28)25-20-7-4-17(23)14-24-20/h3-8,13-15H,9-12H2,1-2H3,(H,24,25,28)/b8-3+. The monoisotopic (exact) mass is 473 g/mol. The van der Waals surface area contributed by atoms with Crippen LogP contribution >= 0.6 is 15.9 Å². The largest absolute Gasteiger partial charge is 0.497 e. The fraction of sp³-hybridized carbons (Fsp3) is 0.318. The van der Waals surface area contributed by atoms with Gasteiger partial charge in [-0.15, -0.1) is 0 Å². The maximum absolute atomic E-state index is 12.6. The molecule has 1 fully saturated rings. The quantitative estimate of drug-likeness (QED) is 0.646. The van der Waals surface area contributed by atoms with Gasteiger partial charge >= 0.3 is 0 Å². The first-order chi connectivity index (χ1) is 14.5. The lowest BCUT2D eigenvalue weighted by Crippen LogP contribution is -2.40. The van der Waals surface area contributed by atoms with Gasteiger partial charge in [-0.25, -0.2) is 4.98 Å². The van der Waals surface area contributed by atoms with Crippen molar-refractivity contribution in [3.63, 3.8) is 0 Å². The van der Waals surface area contributed by atoms with Crippen LogP contribution in [0.15, 0.2) is 47.1 Å². The molecule has 0 radical (unpaired) electrons. The number of hydrogen-bond donors (Lipinski definition) is 1. The summed E-state index contributed by atoms with van der Waals surface area (Å²) in [6.45, 7) is 1.06. The van der Waals surface area contributed by atoms with Crippen LogP contribution in [0.4, 0.5) is 5.82 Å². The molecule has 1 aromatic heterocycles. The van der Waals surface area contributed by atoms with Crippen molar-refractivity contribution in [2.45, 2.75) is 12.8 Å². The number of ether oxygens (including phenoxy) is 2. The number of carbonyl (C=O) groups excluding carboxylic acids is 2. The number of benzene rings is 1. The van der Waals surface area contributed by atoms with Crippen molar-refractivity contribution < 1.29 is 19.1 Å². The summed E-state index contributed by atoms with van der Waals surface area (Å²) in [4.78, 5) is 31.0. The summed E-state index contributed by atoms with van der Waals surface area (Å²) < 4.78 is 11.4. The number of pyridine rings is 1. The molecule has 158 valence electrons. The first-order valence-corrected chi connectivity index (χ1v) is 10.4. The highest BCUT2D eigenvalue weighted by Crippen LogP contribution is 2.25. The van der Waals surface area contributed by atoms with Gasteiger partial charge in [-0.05, 0) is 65.2 Å². The predicted molar refractivity (Wildman–Crippen MR) is 118 cm³/mol. The van der Waals surface area contributed by atoms with Crippen molar-refractivity contribution in [1.29, 1.82) is 0 Å². The van der Waals surface area contributed by atoms with E-state index >= 15 is 0 Å². The zero-order valence-electron chi connectivity index (χ0n) is 16.9. The second kappa shape index (κ2) is 10.2. The Kier molecular flexibility index (Phi) is 7.46. The summed E-state index contributed by atoms with van der Waals surface area (Å²) in [5.74, 6) is 1.59. The lowest BCUT2D eigenvalue weighted by Gasteiger charge is -2.30. The summed E-state index contributed by atoms with van der Waals surface area (Å²) in [6.07, 6.45) is 6.13. The molecule has 1 N–H and O–H groups in total. The number of methoxy groups -OCH3 is 2. The molecule has 2 aromatic rings. The van der Waals surface area contributed by atoms with Crippen LogP contribution in [0.2, 0.25) is 0 Å². The van der Waals surface area contributed by atoms with Crippen LogP contribution < -0.4 is 14.8 Å². The van der Waals surface area contributed by atoms with Crippen molar-refractivity contribution in [2.24, 2.45) is 5.92 Å². The number of likely N-dealkylation sites (tertiary alicyclic amines) is 1. The van der Waals surface area contributed by atoms with Gasteiger partial charge in [0.05, 0.1) is 14.2 Å². The molecule has 8 heteroatoms. The van der Waals surface area contributed by atoms with Crippen LogP contribution in [0.1, 0.15) is 18.4 Å². The first kappa shape index (κ1) is 21.8. The van der Waals surface area contributed by atoms with E-state index in [-0.39, 0.29) is 17.7 Å². The molecule has 30 heavy (non-hydrogen) atoms. The number of nitrogens with zero attached hydrogens (tertiary/aromatic N) is 2. The zero-order chi connectivity index (χ0) is 21.5. The molecule has 1 saturated heterocycles. The van der Waals surface area contributed by atoms with Crippen molar-refractivity contribution in [2.75, 3.05) is 32.6 Å². The highest BCUT2D eigenvalue weighted by molar-refractivity contribution is 9.10. The Morgan fingerprint density at radius 1 is 1.17 bits per heavy atom. The van der Waals surface area contributed by atoms with Gasteiger partial charge in [0.1, 0.15) is 17.3 Å². The zero-order valence-corrected chi connectivity index (χ0v) is 18.5. The number of anilines is 1. The smallest absolute Gasteiger partial charge is 0.246 e. The van der Waals surface area contributed by atoms with Crippen LogP contribution in [0, 0.1) is 5.92 Å². The number of halogens is 1. The molecule has 2 heterocycles. The normalized spacial score (nSPS) is 14.6. The van der Waals surface area contributed by atoms with Crippen LogP contribution in [-0.4, -0.2) is 49.0 Å². The number of nitrogens with one attached hydrogen (secondary N) is 1. The second-order valence-corrected chi connectivity index (χ2v) is 7.81. The third-order valence-corrected chi connectivity index (χ3v) is 5.47. The number of amides is 2. The number of piperidine rings is 1. The van der Waals surface area contributed by atoms with Gasteiger partial charge in [0.2, 0.25) is 11.8 Å². The van der Waals surface area contributed by atoms with Crippen LogP contribution in [0.3, 0.4) is 0 Å². The minimum absolute atomic E-state index is 0.0615. The van der Waals surface area contributed by atoms with E-state index in [1.54, 1.807) is 49.6 Å². The van der Waals surface area contributed by atoms with Crippen molar-refractivity contribution >= 4 is 39.6 Å². The molecule has 0 spiro atoms. The summed E-state index contributed by atoms with van der Waals surface area (Å²) >= 11 is 3.32. The van der Waals surface area contributed by atoms with E-state index in [1.165, 1.54) is 6.08 Å². The van der Waals surface area contributed by atoms with Crippen molar-refractivity contribution in [3.05, 3.63) is 52.6 Å². The molecule has 0 aliphatic carbocycles. The Hall–Kier alpha value is -2.87. The average Bonchev–Trinajstić information content (AvgIpc) is 2.78. The Morgan fingerprint density at radius 2 is 1.93 bits per heavy atom. The Labute approximate surface area is 184 Å². The lowest BCUT2D eigenvalue weighted by molar-refractivity contribution is -0.130. The third kappa shape index (κ3) is 5.60. The van der Waals surface area contributed by atoms with Gasteiger partial charge in [0.15, 0.2) is 0 Å². The predicted octanol–water partition coefficient (Wildman–Crippen LogP) is 3.75. The number of hydrogen-bond acceptors (Lipinski definition) is 5. The molecule has 1 aliphatic heterocycles. The van der Waals surface area contributed by atoms with E-state index in [9.17, 15) is 9.59 Å². The van der Waals surface area contributed by atoms with Gasteiger partial charge in [0.25, 0.3) is 0 Å². The topological polar surface area (TPSA) is 80.8 Å². The van der Waals surface area contributed by atoms with Crippen LogP contribution in [0.25, 0.3) is 6.08 Å². The fourth-order valence-electron chi connectivity index (χ4n) is 3.28. The minimum atomic E-state index is -0.137. The van der Waals surface area contributed by atoms with E-state index in [2.05, 4.69) is 26.2 Å². The Bertz CT molecular complexity index is 922. The molecule has 1 aromatic carbocycles. The summed E-state index contributed by atoms with van der Waals surface area (Å²) in [6, 6.07) is 8.99. The highest BCUT2D eigenvalue weighted by Gasteiger charge is 2.26. The van der Waals surface area contributed by atoms with E-state index in [0.717, 1.165) is 10.0 Å². The van der Waals surface area contributed by atoms with E-state index in [4.69, 9.17) is 9.47 Å². The number of carbonyl (C=O) groups is 2. The average molecular weight is 474 g/mol. The molecule has 3 rings (SSSR count).